The fraction of sp³-hybridized carbons (Fsp3) is 0.400. The van der Waals surface area contributed by atoms with Crippen LogP contribution in [0.5, 0.6) is 0 Å². The van der Waals surface area contributed by atoms with Crippen LogP contribution < -0.4 is 5.32 Å². The zero-order valence-corrected chi connectivity index (χ0v) is 12.1. The van der Waals surface area contributed by atoms with Crippen molar-refractivity contribution in [3.8, 4) is 18.4 Å². The van der Waals surface area contributed by atoms with E-state index in [4.69, 9.17) is 11.7 Å². The molecule has 0 saturated carbocycles. The van der Waals surface area contributed by atoms with Crippen LogP contribution in [0.3, 0.4) is 0 Å². The summed E-state index contributed by atoms with van der Waals surface area (Å²) in [5.41, 5.74) is 0.355. The van der Waals surface area contributed by atoms with Crippen molar-refractivity contribution in [2.75, 3.05) is 18.8 Å². The zero-order valence-electron chi connectivity index (χ0n) is 11.3. The molecule has 0 aliphatic heterocycles. The lowest BCUT2D eigenvalue weighted by atomic mass is 10.2. The van der Waals surface area contributed by atoms with Crippen LogP contribution in [0.25, 0.3) is 0 Å². The van der Waals surface area contributed by atoms with Gasteiger partial charge in [-0.25, -0.2) is 8.42 Å². The van der Waals surface area contributed by atoms with E-state index in [0.29, 0.717) is 12.1 Å². The van der Waals surface area contributed by atoms with E-state index in [1.54, 1.807) is 12.1 Å². The molecule has 1 rings (SSSR count). The largest absolute Gasteiger partial charge is 0.316 e. The normalized spacial score (nSPS) is 10.7. The Balaban J connectivity index is 2.42. The van der Waals surface area contributed by atoms with Gasteiger partial charge in [-0.05, 0) is 37.6 Å². The lowest BCUT2D eigenvalue weighted by Crippen LogP contribution is -2.24. The number of benzene rings is 1. The number of unbranched alkanes of at least 4 members (excludes halogenated alkanes) is 2. The van der Waals surface area contributed by atoms with Gasteiger partial charge in [0.2, 0.25) is 0 Å². The van der Waals surface area contributed by atoms with E-state index in [1.165, 1.54) is 12.1 Å². The minimum absolute atomic E-state index is 0.0248. The van der Waals surface area contributed by atoms with Gasteiger partial charge >= 0.3 is 0 Å². The second-order valence-electron chi connectivity index (χ2n) is 4.37. The Morgan fingerprint density at radius 3 is 2.75 bits per heavy atom. The number of sulfone groups is 1. The number of nitriles is 1. The minimum Gasteiger partial charge on any atom is -0.316 e. The molecule has 1 aromatic rings. The lowest BCUT2D eigenvalue weighted by Gasteiger charge is -2.06. The summed E-state index contributed by atoms with van der Waals surface area (Å²) in [7, 11) is -3.34. The number of nitrogens with zero attached hydrogens (tertiary/aromatic N) is 1. The molecule has 0 aromatic heterocycles. The van der Waals surface area contributed by atoms with Crippen molar-refractivity contribution in [3.63, 3.8) is 0 Å². The van der Waals surface area contributed by atoms with Gasteiger partial charge in [-0.2, -0.15) is 5.26 Å². The fourth-order valence-corrected chi connectivity index (χ4v) is 2.93. The third kappa shape index (κ3) is 5.44. The predicted octanol–water partition coefficient (Wildman–Crippen LogP) is 1.73. The van der Waals surface area contributed by atoms with Crippen LogP contribution in [0.2, 0.25) is 0 Å². The first kappa shape index (κ1) is 16.2. The van der Waals surface area contributed by atoms with Crippen LogP contribution in [0.15, 0.2) is 29.2 Å². The average molecular weight is 290 g/mol. The standard InChI is InChI=1S/C15H18N2O2S/c1-2-3-4-5-9-17-10-11-20(18,19)15-8-6-7-14(12-15)13-16/h1,6-8,12,17H,3-5,9-11H2. The number of hydrogen-bond donors (Lipinski definition) is 1. The molecule has 0 aliphatic carbocycles. The summed E-state index contributed by atoms with van der Waals surface area (Å²) < 4.78 is 24.1. The van der Waals surface area contributed by atoms with Crippen LogP contribution >= 0.6 is 0 Å². The molecule has 1 N–H and O–H groups in total. The van der Waals surface area contributed by atoms with E-state index in [9.17, 15) is 8.42 Å². The van der Waals surface area contributed by atoms with Crippen LogP contribution in [-0.4, -0.2) is 27.3 Å². The summed E-state index contributed by atoms with van der Waals surface area (Å²) in [6, 6.07) is 8.03. The Morgan fingerprint density at radius 1 is 1.25 bits per heavy atom. The molecule has 0 saturated heterocycles. The highest BCUT2D eigenvalue weighted by molar-refractivity contribution is 7.91. The number of rotatable bonds is 8. The molecule has 0 spiro atoms. The van der Waals surface area contributed by atoms with Crippen LogP contribution in [0.4, 0.5) is 0 Å². The summed E-state index contributed by atoms with van der Waals surface area (Å²) in [6.45, 7) is 1.16. The molecule has 0 heterocycles. The van der Waals surface area contributed by atoms with E-state index in [-0.39, 0.29) is 10.6 Å². The first-order chi connectivity index (χ1) is 9.60. The van der Waals surface area contributed by atoms with Crippen molar-refractivity contribution < 1.29 is 8.42 Å². The van der Waals surface area contributed by atoms with E-state index >= 15 is 0 Å². The Labute approximate surface area is 120 Å². The van der Waals surface area contributed by atoms with Gasteiger partial charge in [0.05, 0.1) is 22.3 Å². The molecule has 0 unspecified atom stereocenters. The van der Waals surface area contributed by atoms with Gasteiger partial charge in [-0.15, -0.1) is 12.3 Å². The summed E-state index contributed by atoms with van der Waals surface area (Å²) in [6.07, 6.45) is 7.78. The Morgan fingerprint density at radius 2 is 2.05 bits per heavy atom. The third-order valence-electron chi connectivity index (χ3n) is 2.79. The van der Waals surface area contributed by atoms with Gasteiger partial charge < -0.3 is 5.32 Å². The van der Waals surface area contributed by atoms with E-state index in [0.717, 1.165) is 25.8 Å². The second kappa shape index (κ2) is 8.37. The van der Waals surface area contributed by atoms with Gasteiger partial charge in [-0.3, -0.25) is 0 Å². The molecule has 0 fully saturated rings. The Hall–Kier alpha value is -1.82. The van der Waals surface area contributed by atoms with Crippen LogP contribution in [0.1, 0.15) is 24.8 Å². The average Bonchev–Trinajstić information content (AvgIpc) is 2.46. The predicted molar refractivity (Wildman–Crippen MR) is 78.8 cm³/mol. The SMILES string of the molecule is C#CCCCCNCCS(=O)(=O)c1cccc(C#N)c1. The maximum atomic E-state index is 12.1. The topological polar surface area (TPSA) is 70.0 Å². The van der Waals surface area contributed by atoms with Crippen molar-refractivity contribution >= 4 is 9.84 Å². The minimum atomic E-state index is -3.34. The Bertz CT molecular complexity index is 609. The summed E-state index contributed by atoms with van der Waals surface area (Å²) in [5.74, 6) is 2.59. The zero-order chi connectivity index (χ0) is 14.8. The molecular formula is C15H18N2O2S. The molecule has 106 valence electrons. The highest BCUT2D eigenvalue weighted by Gasteiger charge is 2.14. The number of nitrogens with one attached hydrogen (secondary N) is 1. The highest BCUT2D eigenvalue weighted by Crippen LogP contribution is 2.12. The smallest absolute Gasteiger partial charge is 0.179 e. The molecule has 4 nitrogen and oxygen atoms in total. The van der Waals surface area contributed by atoms with Crippen molar-refractivity contribution in [2.24, 2.45) is 0 Å². The first-order valence-electron chi connectivity index (χ1n) is 6.47. The molecule has 0 aliphatic rings. The summed E-state index contributed by atoms with van der Waals surface area (Å²) in [5, 5.41) is 11.9. The van der Waals surface area contributed by atoms with Gasteiger partial charge in [0.25, 0.3) is 0 Å². The summed E-state index contributed by atoms with van der Waals surface area (Å²) >= 11 is 0. The van der Waals surface area contributed by atoms with E-state index < -0.39 is 9.84 Å². The third-order valence-corrected chi connectivity index (χ3v) is 4.51. The highest BCUT2D eigenvalue weighted by atomic mass is 32.2. The van der Waals surface area contributed by atoms with Gasteiger partial charge in [-0.1, -0.05) is 6.07 Å². The fourth-order valence-electron chi connectivity index (χ4n) is 1.69. The van der Waals surface area contributed by atoms with E-state index in [1.807, 2.05) is 6.07 Å². The van der Waals surface area contributed by atoms with Crippen molar-refractivity contribution in [3.05, 3.63) is 29.8 Å². The summed E-state index contributed by atoms with van der Waals surface area (Å²) in [4.78, 5) is 0.200. The molecule has 5 heteroatoms. The molecule has 0 radical (unpaired) electrons. The second-order valence-corrected chi connectivity index (χ2v) is 6.48. The van der Waals surface area contributed by atoms with Crippen LogP contribution in [0, 0.1) is 23.7 Å². The van der Waals surface area contributed by atoms with Crippen molar-refractivity contribution in [1.82, 2.24) is 5.32 Å². The monoisotopic (exact) mass is 290 g/mol. The maximum Gasteiger partial charge on any atom is 0.179 e. The first-order valence-corrected chi connectivity index (χ1v) is 8.12. The van der Waals surface area contributed by atoms with Gasteiger partial charge in [0, 0.05) is 13.0 Å². The van der Waals surface area contributed by atoms with Gasteiger partial charge in [0.15, 0.2) is 9.84 Å². The van der Waals surface area contributed by atoms with Crippen molar-refractivity contribution in [2.45, 2.75) is 24.2 Å². The number of hydrogen-bond acceptors (Lipinski definition) is 4. The quantitative estimate of drug-likeness (QED) is 0.584. The van der Waals surface area contributed by atoms with Crippen molar-refractivity contribution in [1.29, 1.82) is 5.26 Å². The molecular weight excluding hydrogens is 272 g/mol. The Kier molecular flexibility index (Phi) is 6.79. The maximum absolute atomic E-state index is 12.1. The lowest BCUT2D eigenvalue weighted by molar-refractivity contribution is 0.587. The van der Waals surface area contributed by atoms with Gasteiger partial charge in [0.1, 0.15) is 0 Å². The van der Waals surface area contributed by atoms with E-state index in [2.05, 4.69) is 11.2 Å². The molecule has 0 amide bonds. The van der Waals surface area contributed by atoms with Crippen LogP contribution in [-0.2, 0) is 9.84 Å². The molecule has 0 atom stereocenters. The molecule has 1 aromatic carbocycles. The molecule has 20 heavy (non-hydrogen) atoms. The number of terminal acetylenes is 1. The molecule has 0 bridgehead atoms.